The molecule has 0 spiro atoms. The summed E-state index contributed by atoms with van der Waals surface area (Å²) in [5, 5.41) is 6.58. The Kier molecular flexibility index (Phi) is 3.82. The van der Waals surface area contributed by atoms with Gasteiger partial charge in [0.1, 0.15) is 10.6 Å². The van der Waals surface area contributed by atoms with Crippen molar-refractivity contribution in [2.45, 2.75) is 38.0 Å². The van der Waals surface area contributed by atoms with Crippen LogP contribution in [0.3, 0.4) is 0 Å². The predicted molar refractivity (Wildman–Crippen MR) is 68.3 cm³/mol. The Hall–Kier alpha value is -0.490. The van der Waals surface area contributed by atoms with Crippen LogP contribution in [0, 0.1) is 0 Å². The molecule has 1 saturated heterocycles. The third kappa shape index (κ3) is 2.68. The van der Waals surface area contributed by atoms with Gasteiger partial charge in [-0.15, -0.1) is 11.3 Å². The molecule has 5 heteroatoms. The SMILES string of the molecule is COC1CNC(c2csc(C(C)(C)OC)n2)C1. The molecule has 1 aliphatic heterocycles. The first-order chi connectivity index (χ1) is 8.06. The molecule has 1 fully saturated rings. The lowest BCUT2D eigenvalue weighted by Gasteiger charge is -2.19. The smallest absolute Gasteiger partial charge is 0.124 e. The fourth-order valence-electron chi connectivity index (χ4n) is 1.92. The van der Waals surface area contributed by atoms with E-state index < -0.39 is 0 Å². The number of rotatable bonds is 4. The van der Waals surface area contributed by atoms with Crippen LogP contribution < -0.4 is 5.32 Å². The molecule has 2 atom stereocenters. The van der Waals surface area contributed by atoms with Crippen LogP contribution in [0.5, 0.6) is 0 Å². The molecule has 0 saturated carbocycles. The van der Waals surface area contributed by atoms with Crippen molar-refractivity contribution in [3.63, 3.8) is 0 Å². The summed E-state index contributed by atoms with van der Waals surface area (Å²) in [6.45, 7) is 4.98. The van der Waals surface area contributed by atoms with Gasteiger partial charge in [0.05, 0.1) is 17.8 Å². The first-order valence-electron chi connectivity index (χ1n) is 5.84. The zero-order valence-electron chi connectivity index (χ0n) is 10.8. The topological polar surface area (TPSA) is 43.4 Å². The van der Waals surface area contributed by atoms with Crippen molar-refractivity contribution < 1.29 is 9.47 Å². The number of ether oxygens (including phenoxy) is 2. The van der Waals surface area contributed by atoms with Gasteiger partial charge in [-0.25, -0.2) is 4.98 Å². The van der Waals surface area contributed by atoms with Gasteiger partial charge in [-0.2, -0.15) is 0 Å². The lowest BCUT2D eigenvalue weighted by atomic mass is 10.1. The maximum Gasteiger partial charge on any atom is 0.124 e. The minimum absolute atomic E-state index is 0.303. The van der Waals surface area contributed by atoms with Gasteiger partial charge >= 0.3 is 0 Å². The molecule has 0 aliphatic carbocycles. The van der Waals surface area contributed by atoms with E-state index in [2.05, 4.69) is 15.7 Å². The second-order valence-electron chi connectivity index (χ2n) is 4.85. The van der Waals surface area contributed by atoms with E-state index >= 15 is 0 Å². The molecule has 1 aromatic rings. The second-order valence-corrected chi connectivity index (χ2v) is 5.70. The fourth-order valence-corrected chi connectivity index (χ4v) is 2.89. The van der Waals surface area contributed by atoms with Crippen molar-refractivity contribution >= 4 is 11.3 Å². The van der Waals surface area contributed by atoms with Gasteiger partial charge in [-0.1, -0.05) is 0 Å². The highest BCUT2D eigenvalue weighted by atomic mass is 32.1. The molecule has 1 aromatic heterocycles. The van der Waals surface area contributed by atoms with Crippen LogP contribution in [-0.4, -0.2) is 31.9 Å². The van der Waals surface area contributed by atoms with Crippen LogP contribution >= 0.6 is 11.3 Å². The highest BCUT2D eigenvalue weighted by Crippen LogP contribution is 2.31. The van der Waals surface area contributed by atoms with Crippen molar-refractivity contribution in [2.24, 2.45) is 0 Å². The molecule has 0 aromatic carbocycles. The van der Waals surface area contributed by atoms with Gasteiger partial charge in [0, 0.05) is 26.1 Å². The maximum absolute atomic E-state index is 5.44. The largest absolute Gasteiger partial charge is 0.380 e. The van der Waals surface area contributed by atoms with E-state index in [0.717, 1.165) is 23.7 Å². The molecule has 4 nitrogen and oxygen atoms in total. The Morgan fingerprint density at radius 3 is 2.82 bits per heavy atom. The van der Waals surface area contributed by atoms with Crippen LogP contribution in [0.4, 0.5) is 0 Å². The third-order valence-electron chi connectivity index (χ3n) is 3.33. The summed E-state index contributed by atoms with van der Waals surface area (Å²) >= 11 is 1.66. The number of thiazole rings is 1. The number of aromatic nitrogens is 1. The number of nitrogens with one attached hydrogen (secondary N) is 1. The Morgan fingerprint density at radius 2 is 2.24 bits per heavy atom. The lowest BCUT2D eigenvalue weighted by Crippen LogP contribution is -2.20. The number of hydrogen-bond acceptors (Lipinski definition) is 5. The van der Waals surface area contributed by atoms with E-state index in [0.29, 0.717) is 12.1 Å². The molecule has 17 heavy (non-hydrogen) atoms. The zero-order valence-corrected chi connectivity index (χ0v) is 11.6. The molecule has 0 radical (unpaired) electrons. The normalized spacial score (nSPS) is 25.4. The Morgan fingerprint density at radius 1 is 1.47 bits per heavy atom. The van der Waals surface area contributed by atoms with Crippen LogP contribution in [0.2, 0.25) is 0 Å². The third-order valence-corrected chi connectivity index (χ3v) is 4.49. The average Bonchev–Trinajstić information content (AvgIpc) is 2.97. The molecule has 2 heterocycles. The minimum Gasteiger partial charge on any atom is -0.380 e. The monoisotopic (exact) mass is 256 g/mol. The zero-order chi connectivity index (χ0) is 12.5. The Balaban J connectivity index is 2.09. The van der Waals surface area contributed by atoms with Gasteiger partial charge < -0.3 is 14.8 Å². The molecular weight excluding hydrogens is 236 g/mol. The predicted octanol–water partition coefficient (Wildman–Crippen LogP) is 2.07. The number of methoxy groups -OCH3 is 2. The highest BCUT2D eigenvalue weighted by Gasteiger charge is 2.29. The minimum atomic E-state index is -0.303. The van der Waals surface area contributed by atoms with Crippen molar-refractivity contribution in [1.29, 1.82) is 0 Å². The molecule has 2 unspecified atom stereocenters. The summed E-state index contributed by atoms with van der Waals surface area (Å²) in [6.07, 6.45) is 1.30. The summed E-state index contributed by atoms with van der Waals surface area (Å²) in [7, 11) is 3.48. The maximum atomic E-state index is 5.44. The molecule has 1 N–H and O–H groups in total. The van der Waals surface area contributed by atoms with Crippen LogP contribution in [0.15, 0.2) is 5.38 Å². The first-order valence-corrected chi connectivity index (χ1v) is 6.72. The summed E-state index contributed by atoms with van der Waals surface area (Å²) in [5.74, 6) is 0. The van der Waals surface area contributed by atoms with E-state index in [1.807, 2.05) is 13.8 Å². The quantitative estimate of drug-likeness (QED) is 0.895. The Bertz CT molecular complexity index is 378. The standard InChI is InChI=1S/C12H20N2O2S/c1-12(2,16-4)11-14-10(7-17-11)9-5-8(15-3)6-13-9/h7-9,13H,5-6H2,1-4H3. The molecule has 0 amide bonds. The highest BCUT2D eigenvalue weighted by molar-refractivity contribution is 7.09. The van der Waals surface area contributed by atoms with Crippen molar-refractivity contribution in [2.75, 3.05) is 20.8 Å². The fraction of sp³-hybridized carbons (Fsp3) is 0.750. The van der Waals surface area contributed by atoms with E-state index in [-0.39, 0.29) is 5.60 Å². The van der Waals surface area contributed by atoms with E-state index in [9.17, 15) is 0 Å². The van der Waals surface area contributed by atoms with Gasteiger partial charge in [-0.3, -0.25) is 0 Å². The van der Waals surface area contributed by atoms with E-state index in [4.69, 9.17) is 9.47 Å². The van der Waals surface area contributed by atoms with E-state index in [1.54, 1.807) is 25.6 Å². The van der Waals surface area contributed by atoms with Crippen molar-refractivity contribution in [3.8, 4) is 0 Å². The molecule has 2 rings (SSSR count). The van der Waals surface area contributed by atoms with Crippen LogP contribution in [0.1, 0.15) is 37.0 Å². The number of nitrogens with zero attached hydrogens (tertiary/aromatic N) is 1. The van der Waals surface area contributed by atoms with Gasteiger partial charge in [0.25, 0.3) is 0 Å². The summed E-state index contributed by atoms with van der Waals surface area (Å²) < 4.78 is 10.8. The summed E-state index contributed by atoms with van der Waals surface area (Å²) in [6, 6.07) is 0.317. The Labute approximate surface area is 106 Å². The summed E-state index contributed by atoms with van der Waals surface area (Å²) in [5.41, 5.74) is 0.803. The van der Waals surface area contributed by atoms with Gasteiger partial charge in [0.15, 0.2) is 0 Å². The average molecular weight is 256 g/mol. The molecule has 96 valence electrons. The lowest BCUT2D eigenvalue weighted by molar-refractivity contribution is 0.0188. The number of hydrogen-bond donors (Lipinski definition) is 1. The second kappa shape index (κ2) is 5.02. The van der Waals surface area contributed by atoms with Crippen molar-refractivity contribution in [3.05, 3.63) is 16.1 Å². The van der Waals surface area contributed by atoms with Gasteiger partial charge in [0.2, 0.25) is 0 Å². The molecule has 1 aliphatic rings. The van der Waals surface area contributed by atoms with E-state index in [1.165, 1.54) is 0 Å². The first kappa shape index (κ1) is 13.0. The molecule has 0 bridgehead atoms. The molecular formula is C12H20N2O2S. The van der Waals surface area contributed by atoms with Crippen LogP contribution in [-0.2, 0) is 15.1 Å². The van der Waals surface area contributed by atoms with Crippen LogP contribution in [0.25, 0.3) is 0 Å². The summed E-state index contributed by atoms with van der Waals surface area (Å²) in [4.78, 5) is 4.68. The van der Waals surface area contributed by atoms with Gasteiger partial charge in [-0.05, 0) is 20.3 Å². The van der Waals surface area contributed by atoms with Crippen molar-refractivity contribution in [1.82, 2.24) is 10.3 Å².